The molecule has 0 spiro atoms. The highest BCUT2D eigenvalue weighted by Crippen LogP contribution is 2.33. The minimum absolute atomic E-state index is 0.150. The van der Waals surface area contributed by atoms with E-state index in [1.165, 1.54) is 18.5 Å². The lowest BCUT2D eigenvalue weighted by molar-refractivity contribution is -0.120. The van der Waals surface area contributed by atoms with E-state index in [9.17, 15) is 13.2 Å². The lowest BCUT2D eigenvalue weighted by Crippen LogP contribution is -2.41. The zero-order chi connectivity index (χ0) is 23.5. The first-order chi connectivity index (χ1) is 15.2. The summed E-state index contributed by atoms with van der Waals surface area (Å²) in [7, 11) is -0.749. The molecular formula is C23H29ClN2O5S. The smallest absolute Gasteiger partial charge is 0.246 e. The molecule has 0 radical (unpaired) electrons. The van der Waals surface area contributed by atoms with Crippen LogP contribution in [0.25, 0.3) is 0 Å². The molecule has 1 N–H and O–H groups in total. The fourth-order valence-corrected chi connectivity index (χ4v) is 5.66. The molecule has 0 unspecified atom stereocenters. The van der Waals surface area contributed by atoms with Crippen LogP contribution >= 0.6 is 11.6 Å². The van der Waals surface area contributed by atoms with Gasteiger partial charge in [0.25, 0.3) is 0 Å². The van der Waals surface area contributed by atoms with Crippen molar-refractivity contribution in [1.29, 1.82) is 0 Å². The van der Waals surface area contributed by atoms with Crippen LogP contribution in [0.1, 0.15) is 38.2 Å². The molecule has 1 aliphatic rings. The summed E-state index contributed by atoms with van der Waals surface area (Å²) in [4.78, 5) is 12.9. The van der Waals surface area contributed by atoms with Crippen molar-refractivity contribution in [2.24, 2.45) is 5.92 Å². The molecule has 0 atom stereocenters. The summed E-state index contributed by atoms with van der Waals surface area (Å²) in [6.07, 6.45) is 0.863. The zero-order valence-corrected chi connectivity index (χ0v) is 20.3. The number of halogens is 1. The van der Waals surface area contributed by atoms with Crippen molar-refractivity contribution in [2.75, 3.05) is 32.6 Å². The average molecular weight is 481 g/mol. The number of carbonyl (C=O) groups is 1. The van der Waals surface area contributed by atoms with Crippen LogP contribution < -0.4 is 14.8 Å². The van der Waals surface area contributed by atoms with Crippen molar-refractivity contribution in [3.05, 3.63) is 47.0 Å². The quantitative estimate of drug-likeness (QED) is 0.629. The third-order valence-corrected chi connectivity index (χ3v) is 7.93. The van der Waals surface area contributed by atoms with E-state index in [1.54, 1.807) is 30.3 Å². The number of benzene rings is 2. The minimum Gasteiger partial charge on any atom is -0.495 e. The Morgan fingerprint density at radius 3 is 2.25 bits per heavy atom. The standard InChI is InChI=1S/C23H29ClN2O5S/c1-15(2)17-5-7-21(31-4)22(13-17)32(28,29)26-11-9-16(10-12-26)23(27)25-18-6-8-20(30-3)19(24)14-18/h5-8,13-16H,9-12H2,1-4H3,(H,25,27). The highest BCUT2D eigenvalue weighted by Gasteiger charge is 2.34. The SMILES string of the molecule is COc1ccc(NC(=O)C2CCN(S(=O)(=O)c3cc(C(C)C)ccc3OC)CC2)cc1Cl. The highest BCUT2D eigenvalue weighted by atomic mass is 35.5. The van der Waals surface area contributed by atoms with Gasteiger partial charge in [-0.2, -0.15) is 4.31 Å². The summed E-state index contributed by atoms with van der Waals surface area (Å²) in [6, 6.07) is 10.3. The largest absolute Gasteiger partial charge is 0.495 e. The minimum atomic E-state index is -3.74. The Bertz CT molecular complexity index is 1080. The van der Waals surface area contributed by atoms with Gasteiger partial charge in [0.2, 0.25) is 15.9 Å². The number of nitrogens with zero attached hydrogens (tertiary/aromatic N) is 1. The number of carbonyl (C=O) groups excluding carboxylic acids is 1. The van der Waals surface area contributed by atoms with E-state index in [1.807, 2.05) is 19.9 Å². The molecule has 2 aromatic carbocycles. The van der Waals surface area contributed by atoms with Crippen LogP contribution in [0.2, 0.25) is 5.02 Å². The van der Waals surface area contributed by atoms with Crippen molar-refractivity contribution in [1.82, 2.24) is 4.31 Å². The number of ether oxygens (including phenoxy) is 2. The Kier molecular flexibility index (Phi) is 7.69. The lowest BCUT2D eigenvalue weighted by Gasteiger charge is -2.31. The summed E-state index contributed by atoms with van der Waals surface area (Å²) in [6.45, 7) is 4.55. The van der Waals surface area contributed by atoms with Crippen molar-refractivity contribution in [3.8, 4) is 11.5 Å². The van der Waals surface area contributed by atoms with E-state index < -0.39 is 10.0 Å². The Hall–Kier alpha value is -2.29. The van der Waals surface area contributed by atoms with Crippen LogP contribution in [-0.4, -0.2) is 45.9 Å². The van der Waals surface area contributed by atoms with Gasteiger partial charge >= 0.3 is 0 Å². The Labute approximate surface area is 194 Å². The number of nitrogens with one attached hydrogen (secondary N) is 1. The predicted octanol–water partition coefficient (Wildman–Crippen LogP) is 4.52. The second kappa shape index (κ2) is 10.1. The van der Waals surface area contributed by atoms with Gasteiger partial charge in [-0.3, -0.25) is 4.79 Å². The fraction of sp³-hybridized carbons (Fsp3) is 0.435. The maximum absolute atomic E-state index is 13.3. The Morgan fingerprint density at radius 2 is 1.69 bits per heavy atom. The predicted molar refractivity (Wildman–Crippen MR) is 125 cm³/mol. The molecule has 0 bridgehead atoms. The van der Waals surface area contributed by atoms with Crippen LogP contribution in [0, 0.1) is 5.92 Å². The second-order valence-electron chi connectivity index (χ2n) is 8.08. The van der Waals surface area contributed by atoms with E-state index in [0.29, 0.717) is 35.1 Å². The molecule has 32 heavy (non-hydrogen) atoms. The van der Waals surface area contributed by atoms with Gasteiger partial charge in [0.1, 0.15) is 16.4 Å². The number of anilines is 1. The highest BCUT2D eigenvalue weighted by molar-refractivity contribution is 7.89. The monoisotopic (exact) mass is 480 g/mol. The number of sulfonamides is 1. The molecule has 174 valence electrons. The van der Waals surface area contributed by atoms with Crippen molar-refractivity contribution >= 4 is 33.2 Å². The fourth-order valence-electron chi connectivity index (χ4n) is 3.74. The Balaban J connectivity index is 1.69. The molecule has 0 aliphatic carbocycles. The molecule has 1 fully saturated rings. The van der Waals surface area contributed by atoms with Crippen LogP contribution in [0.5, 0.6) is 11.5 Å². The van der Waals surface area contributed by atoms with Gasteiger partial charge < -0.3 is 14.8 Å². The summed E-state index contributed by atoms with van der Waals surface area (Å²) in [5, 5.41) is 3.27. The molecule has 1 aliphatic heterocycles. The molecule has 3 rings (SSSR count). The van der Waals surface area contributed by atoms with E-state index in [2.05, 4.69) is 5.32 Å². The van der Waals surface area contributed by atoms with E-state index >= 15 is 0 Å². The first-order valence-electron chi connectivity index (χ1n) is 10.5. The van der Waals surface area contributed by atoms with Crippen LogP contribution in [0.15, 0.2) is 41.3 Å². The Morgan fingerprint density at radius 1 is 1.06 bits per heavy atom. The molecule has 9 heteroatoms. The van der Waals surface area contributed by atoms with Gasteiger partial charge in [0, 0.05) is 24.7 Å². The summed E-state index contributed by atoms with van der Waals surface area (Å²) in [5.41, 5.74) is 1.50. The van der Waals surface area contributed by atoms with E-state index in [0.717, 1.165) is 5.56 Å². The van der Waals surface area contributed by atoms with Crippen molar-refractivity contribution < 1.29 is 22.7 Å². The molecule has 1 amide bonds. The van der Waals surface area contributed by atoms with Gasteiger partial charge in [-0.25, -0.2) is 8.42 Å². The number of rotatable bonds is 7. The third kappa shape index (κ3) is 5.19. The maximum Gasteiger partial charge on any atom is 0.246 e. The van der Waals surface area contributed by atoms with Gasteiger partial charge in [0.05, 0.1) is 19.2 Å². The van der Waals surface area contributed by atoms with Crippen LogP contribution in [0.3, 0.4) is 0 Å². The second-order valence-corrected chi connectivity index (χ2v) is 10.4. The van der Waals surface area contributed by atoms with Gasteiger partial charge in [-0.15, -0.1) is 0 Å². The summed E-state index contributed by atoms with van der Waals surface area (Å²) >= 11 is 6.12. The number of hydrogen-bond donors (Lipinski definition) is 1. The third-order valence-electron chi connectivity index (χ3n) is 5.72. The van der Waals surface area contributed by atoms with E-state index in [4.69, 9.17) is 21.1 Å². The topological polar surface area (TPSA) is 84.9 Å². The van der Waals surface area contributed by atoms with Crippen molar-refractivity contribution in [2.45, 2.75) is 37.5 Å². The molecular weight excluding hydrogens is 452 g/mol. The summed E-state index contributed by atoms with van der Waals surface area (Å²) in [5.74, 6) is 0.607. The van der Waals surface area contributed by atoms with Gasteiger partial charge in [-0.05, 0) is 54.7 Å². The van der Waals surface area contributed by atoms with Gasteiger partial charge in [-0.1, -0.05) is 31.5 Å². The van der Waals surface area contributed by atoms with Gasteiger partial charge in [0.15, 0.2) is 0 Å². The van der Waals surface area contributed by atoms with E-state index in [-0.39, 0.29) is 35.7 Å². The molecule has 0 aromatic heterocycles. The number of amides is 1. The lowest BCUT2D eigenvalue weighted by atomic mass is 9.97. The zero-order valence-electron chi connectivity index (χ0n) is 18.7. The number of hydrogen-bond acceptors (Lipinski definition) is 5. The van der Waals surface area contributed by atoms with Crippen LogP contribution in [0.4, 0.5) is 5.69 Å². The number of piperidine rings is 1. The molecule has 7 nitrogen and oxygen atoms in total. The van der Waals surface area contributed by atoms with Crippen LogP contribution in [-0.2, 0) is 14.8 Å². The maximum atomic E-state index is 13.3. The normalized spacial score (nSPS) is 15.6. The molecule has 2 aromatic rings. The molecule has 1 saturated heterocycles. The summed E-state index contributed by atoms with van der Waals surface area (Å²) < 4.78 is 38.5. The molecule has 1 heterocycles. The van der Waals surface area contributed by atoms with Crippen molar-refractivity contribution in [3.63, 3.8) is 0 Å². The first-order valence-corrected chi connectivity index (χ1v) is 12.3. The molecule has 0 saturated carbocycles. The number of methoxy groups -OCH3 is 2. The first kappa shape index (κ1) is 24.4. The average Bonchev–Trinajstić information content (AvgIpc) is 2.78.